The van der Waals surface area contributed by atoms with Crippen LogP contribution in [-0.4, -0.2) is 24.1 Å². The number of rotatable bonds is 4. The molecule has 0 radical (unpaired) electrons. The minimum Gasteiger partial charge on any atom is -0.357 e. The van der Waals surface area contributed by atoms with Gasteiger partial charge in [-0.25, -0.2) is 4.98 Å². The van der Waals surface area contributed by atoms with Gasteiger partial charge in [-0.05, 0) is 38.8 Å². The fourth-order valence-corrected chi connectivity index (χ4v) is 1.50. The summed E-state index contributed by atoms with van der Waals surface area (Å²) in [6, 6.07) is 4.69. The lowest BCUT2D eigenvalue weighted by atomic mass is 10.1. The number of nitrogens with two attached hydrogens (primary N) is 1. The first-order chi connectivity index (χ1) is 7.02. The van der Waals surface area contributed by atoms with Gasteiger partial charge in [0.25, 0.3) is 0 Å². The molecular formula is C12H21N3. The van der Waals surface area contributed by atoms with Crippen LogP contribution in [0.25, 0.3) is 0 Å². The molecule has 1 atom stereocenters. The van der Waals surface area contributed by atoms with E-state index in [0.29, 0.717) is 6.04 Å². The van der Waals surface area contributed by atoms with E-state index in [1.165, 1.54) is 5.56 Å². The molecule has 0 amide bonds. The lowest BCUT2D eigenvalue weighted by Crippen LogP contribution is -2.29. The van der Waals surface area contributed by atoms with Crippen LogP contribution in [0.4, 0.5) is 5.82 Å². The Labute approximate surface area is 92.3 Å². The maximum atomic E-state index is 5.82. The molecule has 84 valence electrons. The number of hydrogen-bond acceptors (Lipinski definition) is 3. The maximum absolute atomic E-state index is 5.82. The quantitative estimate of drug-likeness (QED) is 0.819. The molecule has 0 aliphatic rings. The smallest absolute Gasteiger partial charge is 0.131 e. The summed E-state index contributed by atoms with van der Waals surface area (Å²) in [5.41, 5.74) is 7.05. The summed E-state index contributed by atoms with van der Waals surface area (Å²) < 4.78 is 0. The van der Waals surface area contributed by atoms with E-state index in [-0.39, 0.29) is 6.04 Å². The van der Waals surface area contributed by atoms with Gasteiger partial charge in [-0.3, -0.25) is 0 Å². The van der Waals surface area contributed by atoms with Crippen molar-refractivity contribution in [3.63, 3.8) is 0 Å². The van der Waals surface area contributed by atoms with Crippen LogP contribution in [0, 0.1) is 0 Å². The van der Waals surface area contributed by atoms with E-state index in [1.807, 2.05) is 19.2 Å². The fourth-order valence-electron chi connectivity index (χ4n) is 1.50. The van der Waals surface area contributed by atoms with Crippen molar-refractivity contribution in [2.75, 3.05) is 11.9 Å². The minimum absolute atomic E-state index is 0.175. The largest absolute Gasteiger partial charge is 0.357 e. The van der Waals surface area contributed by atoms with E-state index in [4.69, 9.17) is 5.73 Å². The van der Waals surface area contributed by atoms with Crippen molar-refractivity contribution >= 4 is 5.82 Å². The normalized spacial score (nSPS) is 12.9. The van der Waals surface area contributed by atoms with Gasteiger partial charge in [0, 0.05) is 25.3 Å². The van der Waals surface area contributed by atoms with Crippen LogP contribution in [-0.2, 0) is 6.42 Å². The van der Waals surface area contributed by atoms with Gasteiger partial charge < -0.3 is 10.6 Å². The molecule has 0 saturated carbocycles. The Bertz CT molecular complexity index is 307. The fraction of sp³-hybridized carbons (Fsp3) is 0.583. The highest BCUT2D eigenvalue weighted by Gasteiger charge is 2.11. The molecule has 1 aromatic rings. The third-order valence-corrected chi connectivity index (χ3v) is 2.52. The second-order valence-electron chi connectivity index (χ2n) is 4.37. The van der Waals surface area contributed by atoms with Gasteiger partial charge in [-0.2, -0.15) is 0 Å². The van der Waals surface area contributed by atoms with E-state index < -0.39 is 0 Å². The molecule has 0 aromatic carbocycles. The molecule has 1 heterocycles. The molecular weight excluding hydrogens is 186 g/mol. The zero-order chi connectivity index (χ0) is 11.4. The molecule has 0 aliphatic heterocycles. The van der Waals surface area contributed by atoms with Crippen molar-refractivity contribution in [1.29, 1.82) is 0 Å². The molecule has 3 heteroatoms. The molecule has 1 aromatic heterocycles. The van der Waals surface area contributed by atoms with E-state index in [2.05, 4.69) is 36.8 Å². The third-order valence-electron chi connectivity index (χ3n) is 2.52. The molecule has 1 rings (SSSR count). The third kappa shape index (κ3) is 3.20. The Balaban J connectivity index is 2.95. The van der Waals surface area contributed by atoms with Crippen molar-refractivity contribution in [3.05, 3.63) is 23.9 Å². The van der Waals surface area contributed by atoms with E-state index in [0.717, 1.165) is 12.2 Å². The highest BCUT2D eigenvalue weighted by Crippen LogP contribution is 2.18. The van der Waals surface area contributed by atoms with Gasteiger partial charge in [0.15, 0.2) is 0 Å². The average Bonchev–Trinajstić information content (AvgIpc) is 2.16. The molecule has 15 heavy (non-hydrogen) atoms. The SMILES string of the molecule is CC(N)Cc1cccnc1N(C)C(C)C. The average molecular weight is 207 g/mol. The van der Waals surface area contributed by atoms with Gasteiger partial charge in [-0.1, -0.05) is 6.07 Å². The minimum atomic E-state index is 0.175. The Morgan fingerprint density at radius 1 is 1.40 bits per heavy atom. The second-order valence-corrected chi connectivity index (χ2v) is 4.37. The number of aromatic nitrogens is 1. The molecule has 0 fully saturated rings. The predicted octanol–water partition coefficient (Wildman–Crippen LogP) is 1.82. The van der Waals surface area contributed by atoms with Gasteiger partial charge in [0.2, 0.25) is 0 Å². The Hall–Kier alpha value is -1.09. The zero-order valence-electron chi connectivity index (χ0n) is 10.1. The molecule has 0 bridgehead atoms. The van der Waals surface area contributed by atoms with Crippen LogP contribution >= 0.6 is 0 Å². The summed E-state index contributed by atoms with van der Waals surface area (Å²) in [4.78, 5) is 6.60. The van der Waals surface area contributed by atoms with Crippen molar-refractivity contribution < 1.29 is 0 Å². The van der Waals surface area contributed by atoms with E-state index >= 15 is 0 Å². The van der Waals surface area contributed by atoms with Crippen molar-refractivity contribution in [3.8, 4) is 0 Å². The van der Waals surface area contributed by atoms with Crippen LogP contribution in [0.1, 0.15) is 26.3 Å². The highest BCUT2D eigenvalue weighted by atomic mass is 15.2. The zero-order valence-corrected chi connectivity index (χ0v) is 10.1. The first-order valence-electron chi connectivity index (χ1n) is 5.44. The van der Waals surface area contributed by atoms with Crippen LogP contribution < -0.4 is 10.6 Å². The number of hydrogen-bond donors (Lipinski definition) is 1. The summed E-state index contributed by atoms with van der Waals surface area (Å²) in [6.07, 6.45) is 2.71. The molecule has 1 unspecified atom stereocenters. The second kappa shape index (κ2) is 5.12. The van der Waals surface area contributed by atoms with Gasteiger partial charge in [0.05, 0.1) is 0 Å². The van der Waals surface area contributed by atoms with Crippen LogP contribution in [0.2, 0.25) is 0 Å². The van der Waals surface area contributed by atoms with E-state index in [1.54, 1.807) is 0 Å². The standard InChI is InChI=1S/C12H21N3/c1-9(2)15(4)12-11(8-10(3)13)6-5-7-14-12/h5-7,9-10H,8,13H2,1-4H3. The van der Waals surface area contributed by atoms with Crippen molar-refractivity contribution in [1.82, 2.24) is 4.98 Å². The topological polar surface area (TPSA) is 42.1 Å². The lowest BCUT2D eigenvalue weighted by molar-refractivity contribution is 0.707. The first-order valence-corrected chi connectivity index (χ1v) is 5.44. The maximum Gasteiger partial charge on any atom is 0.131 e. The summed E-state index contributed by atoms with van der Waals surface area (Å²) in [6.45, 7) is 6.33. The van der Waals surface area contributed by atoms with Crippen molar-refractivity contribution in [2.45, 2.75) is 39.3 Å². The first kappa shape index (κ1) is 12.0. The summed E-state index contributed by atoms with van der Waals surface area (Å²) in [7, 11) is 2.07. The predicted molar refractivity (Wildman–Crippen MR) is 65.1 cm³/mol. The Kier molecular flexibility index (Phi) is 4.09. The number of anilines is 1. The molecule has 0 aliphatic carbocycles. The van der Waals surface area contributed by atoms with E-state index in [9.17, 15) is 0 Å². The molecule has 2 N–H and O–H groups in total. The number of pyridine rings is 1. The number of nitrogens with zero attached hydrogens (tertiary/aromatic N) is 2. The molecule has 0 saturated heterocycles. The van der Waals surface area contributed by atoms with Gasteiger partial charge in [0.1, 0.15) is 5.82 Å². The highest BCUT2D eigenvalue weighted by molar-refractivity contribution is 5.47. The molecule has 0 spiro atoms. The lowest BCUT2D eigenvalue weighted by Gasteiger charge is -2.25. The Morgan fingerprint density at radius 3 is 2.60 bits per heavy atom. The Morgan fingerprint density at radius 2 is 2.07 bits per heavy atom. The van der Waals surface area contributed by atoms with Crippen LogP contribution in [0.5, 0.6) is 0 Å². The summed E-state index contributed by atoms with van der Waals surface area (Å²) in [5, 5.41) is 0. The van der Waals surface area contributed by atoms with Gasteiger partial charge >= 0.3 is 0 Å². The summed E-state index contributed by atoms with van der Waals surface area (Å²) >= 11 is 0. The van der Waals surface area contributed by atoms with Crippen LogP contribution in [0.3, 0.4) is 0 Å². The monoisotopic (exact) mass is 207 g/mol. The van der Waals surface area contributed by atoms with Crippen LogP contribution in [0.15, 0.2) is 18.3 Å². The summed E-state index contributed by atoms with van der Waals surface area (Å²) in [5.74, 6) is 1.05. The van der Waals surface area contributed by atoms with Crippen molar-refractivity contribution in [2.24, 2.45) is 5.73 Å². The van der Waals surface area contributed by atoms with Gasteiger partial charge in [-0.15, -0.1) is 0 Å². The molecule has 3 nitrogen and oxygen atoms in total.